The quantitative estimate of drug-likeness (QED) is 0.876. The molecule has 1 heterocycles. The second-order valence-corrected chi connectivity index (χ2v) is 6.99. The number of amides is 1. The fraction of sp³-hybridized carbons (Fsp3) is 0.381. The first kappa shape index (κ1) is 15.3. The van der Waals surface area contributed by atoms with Gasteiger partial charge in [-0.3, -0.25) is 4.79 Å². The topological polar surface area (TPSA) is 38.3 Å². The second-order valence-electron chi connectivity index (χ2n) is 6.99. The van der Waals surface area contributed by atoms with E-state index < -0.39 is 0 Å². The molecule has 3 nitrogen and oxygen atoms in total. The molecule has 124 valence electrons. The van der Waals surface area contributed by atoms with Crippen molar-refractivity contribution < 1.29 is 9.53 Å². The highest BCUT2D eigenvalue weighted by Crippen LogP contribution is 2.44. The van der Waals surface area contributed by atoms with Crippen molar-refractivity contribution in [3.8, 4) is 11.5 Å². The molecule has 1 saturated carbocycles. The van der Waals surface area contributed by atoms with Crippen LogP contribution in [0, 0.1) is 5.92 Å². The molecular formula is C21H23NO2. The van der Waals surface area contributed by atoms with Crippen LogP contribution in [0.2, 0.25) is 0 Å². The van der Waals surface area contributed by atoms with Gasteiger partial charge >= 0.3 is 0 Å². The zero-order valence-corrected chi connectivity index (χ0v) is 14.0. The van der Waals surface area contributed by atoms with E-state index in [-0.39, 0.29) is 17.9 Å². The van der Waals surface area contributed by atoms with Gasteiger partial charge in [0.1, 0.15) is 11.5 Å². The minimum atomic E-state index is -0.291. The molecule has 2 aromatic rings. The minimum Gasteiger partial charge on any atom is -0.457 e. The largest absolute Gasteiger partial charge is 0.457 e. The molecule has 0 spiro atoms. The van der Waals surface area contributed by atoms with E-state index in [9.17, 15) is 4.79 Å². The molecule has 0 bridgehead atoms. The van der Waals surface area contributed by atoms with Gasteiger partial charge in [-0.05, 0) is 30.9 Å². The Morgan fingerprint density at radius 2 is 1.54 bits per heavy atom. The van der Waals surface area contributed by atoms with Gasteiger partial charge in [-0.15, -0.1) is 0 Å². The number of rotatable bonds is 2. The molecule has 0 radical (unpaired) electrons. The Bertz CT molecular complexity index is 710. The highest BCUT2D eigenvalue weighted by molar-refractivity contribution is 5.89. The molecule has 3 heteroatoms. The number of ether oxygens (including phenoxy) is 1. The summed E-state index contributed by atoms with van der Waals surface area (Å²) in [7, 11) is 0. The van der Waals surface area contributed by atoms with Crippen molar-refractivity contribution in [2.45, 2.75) is 44.6 Å². The fourth-order valence-corrected chi connectivity index (χ4v) is 3.99. The molecule has 2 aromatic carbocycles. The van der Waals surface area contributed by atoms with Gasteiger partial charge in [0, 0.05) is 17.2 Å². The van der Waals surface area contributed by atoms with Crippen LogP contribution in [0.15, 0.2) is 48.5 Å². The molecule has 0 unspecified atom stereocenters. The first-order valence-electron chi connectivity index (χ1n) is 8.90. The van der Waals surface area contributed by atoms with Crippen LogP contribution in [0.3, 0.4) is 0 Å². The Hall–Kier alpha value is -2.29. The van der Waals surface area contributed by atoms with Crippen LogP contribution in [-0.2, 0) is 4.79 Å². The van der Waals surface area contributed by atoms with E-state index in [4.69, 9.17) is 4.74 Å². The van der Waals surface area contributed by atoms with E-state index in [1.54, 1.807) is 0 Å². The van der Waals surface area contributed by atoms with Crippen molar-refractivity contribution in [3.63, 3.8) is 0 Å². The van der Waals surface area contributed by atoms with Crippen molar-refractivity contribution in [2.75, 3.05) is 0 Å². The fourth-order valence-electron chi connectivity index (χ4n) is 3.99. The van der Waals surface area contributed by atoms with Crippen LogP contribution in [0.1, 0.15) is 49.7 Å². The summed E-state index contributed by atoms with van der Waals surface area (Å²) in [6, 6.07) is 16.0. The number of nitrogens with one attached hydrogen (secondary N) is 1. The maximum Gasteiger partial charge on any atom is 0.232 e. The second kappa shape index (κ2) is 6.31. The van der Waals surface area contributed by atoms with Gasteiger partial charge in [0.2, 0.25) is 5.91 Å². The maximum atomic E-state index is 13.2. The van der Waals surface area contributed by atoms with Crippen molar-refractivity contribution in [3.05, 3.63) is 59.7 Å². The average Bonchev–Trinajstić information content (AvgIpc) is 2.61. The summed E-state index contributed by atoms with van der Waals surface area (Å²) in [6.07, 6.45) is 4.76. The lowest BCUT2D eigenvalue weighted by Crippen LogP contribution is -2.43. The van der Waals surface area contributed by atoms with Crippen LogP contribution in [0.4, 0.5) is 0 Å². The van der Waals surface area contributed by atoms with E-state index >= 15 is 0 Å². The Balaban J connectivity index is 1.67. The molecule has 1 fully saturated rings. The number of hydrogen-bond acceptors (Lipinski definition) is 2. The van der Waals surface area contributed by atoms with Crippen LogP contribution in [0.5, 0.6) is 11.5 Å². The van der Waals surface area contributed by atoms with Gasteiger partial charge in [-0.25, -0.2) is 0 Å². The third-order valence-electron chi connectivity index (χ3n) is 5.38. The molecule has 2 aliphatic rings. The summed E-state index contributed by atoms with van der Waals surface area (Å²) in [6.45, 7) is 2.25. The maximum absolute atomic E-state index is 13.2. The highest BCUT2D eigenvalue weighted by atomic mass is 16.5. The first-order valence-corrected chi connectivity index (χ1v) is 8.90. The molecular weight excluding hydrogens is 298 g/mol. The summed E-state index contributed by atoms with van der Waals surface area (Å²) in [5.74, 6) is 1.92. The Labute approximate surface area is 143 Å². The lowest BCUT2D eigenvalue weighted by atomic mass is 9.83. The normalized spacial score (nSPS) is 22.9. The van der Waals surface area contributed by atoms with Gasteiger partial charge in [-0.1, -0.05) is 56.2 Å². The van der Waals surface area contributed by atoms with Gasteiger partial charge in [0.15, 0.2) is 0 Å². The summed E-state index contributed by atoms with van der Waals surface area (Å²) in [5.41, 5.74) is 1.91. The van der Waals surface area contributed by atoms with Crippen molar-refractivity contribution in [1.82, 2.24) is 5.32 Å². The molecule has 1 aliphatic carbocycles. The summed E-state index contributed by atoms with van der Waals surface area (Å²) in [4.78, 5) is 13.2. The summed E-state index contributed by atoms with van der Waals surface area (Å²) >= 11 is 0. The monoisotopic (exact) mass is 321 g/mol. The molecule has 1 N–H and O–H groups in total. The van der Waals surface area contributed by atoms with Gasteiger partial charge < -0.3 is 10.1 Å². The predicted molar refractivity (Wildman–Crippen MR) is 94.4 cm³/mol. The van der Waals surface area contributed by atoms with Gasteiger partial charge in [0.05, 0.1) is 5.92 Å². The van der Waals surface area contributed by atoms with Crippen LogP contribution >= 0.6 is 0 Å². The molecule has 1 aliphatic heterocycles. The Morgan fingerprint density at radius 3 is 2.17 bits per heavy atom. The van der Waals surface area contributed by atoms with Gasteiger partial charge in [-0.2, -0.15) is 0 Å². The van der Waals surface area contributed by atoms with E-state index in [2.05, 4.69) is 12.2 Å². The van der Waals surface area contributed by atoms with Crippen molar-refractivity contribution in [1.29, 1.82) is 0 Å². The SMILES string of the molecule is C[C@H]1CCCC[C@@H]1NC(=O)C1c2ccccc2Oc2ccccc21. The van der Waals surface area contributed by atoms with Crippen LogP contribution in [-0.4, -0.2) is 11.9 Å². The van der Waals surface area contributed by atoms with E-state index in [0.29, 0.717) is 5.92 Å². The Kier molecular flexibility index (Phi) is 4.01. The zero-order chi connectivity index (χ0) is 16.5. The van der Waals surface area contributed by atoms with Crippen LogP contribution in [0.25, 0.3) is 0 Å². The summed E-state index contributed by atoms with van der Waals surface area (Å²) in [5, 5.41) is 3.33. The minimum absolute atomic E-state index is 0.0944. The number of fused-ring (bicyclic) bond motifs is 2. The lowest BCUT2D eigenvalue weighted by molar-refractivity contribution is -0.123. The van der Waals surface area contributed by atoms with E-state index in [0.717, 1.165) is 29.0 Å². The molecule has 0 saturated heterocycles. The molecule has 24 heavy (non-hydrogen) atoms. The third kappa shape index (κ3) is 2.68. The molecule has 1 amide bonds. The van der Waals surface area contributed by atoms with Gasteiger partial charge in [0.25, 0.3) is 0 Å². The smallest absolute Gasteiger partial charge is 0.232 e. The van der Waals surface area contributed by atoms with Crippen molar-refractivity contribution >= 4 is 5.91 Å². The van der Waals surface area contributed by atoms with Crippen molar-refractivity contribution in [2.24, 2.45) is 5.92 Å². The van der Waals surface area contributed by atoms with E-state index in [1.165, 1.54) is 19.3 Å². The molecule has 2 atom stereocenters. The van der Waals surface area contributed by atoms with E-state index in [1.807, 2.05) is 48.5 Å². The molecule has 0 aromatic heterocycles. The number of para-hydroxylation sites is 2. The first-order chi connectivity index (χ1) is 11.7. The zero-order valence-electron chi connectivity index (χ0n) is 14.0. The number of carbonyl (C=O) groups excluding carboxylic acids is 1. The Morgan fingerprint density at radius 1 is 0.958 bits per heavy atom. The summed E-state index contributed by atoms with van der Waals surface area (Å²) < 4.78 is 5.99. The lowest BCUT2D eigenvalue weighted by Gasteiger charge is -2.33. The number of carbonyl (C=O) groups is 1. The predicted octanol–water partition coefficient (Wildman–Crippen LogP) is 4.62. The standard InChI is InChI=1S/C21H23NO2/c1-14-8-2-5-11-17(14)22-21(23)20-15-9-3-6-12-18(15)24-19-13-7-4-10-16(19)20/h3-4,6-7,9-10,12-14,17,20H,2,5,8,11H2,1H3,(H,22,23)/t14-,17-/m0/s1. The number of hydrogen-bond donors (Lipinski definition) is 1. The third-order valence-corrected chi connectivity index (χ3v) is 5.38. The number of benzene rings is 2. The average molecular weight is 321 g/mol. The van der Waals surface area contributed by atoms with Crippen LogP contribution < -0.4 is 10.1 Å². The highest BCUT2D eigenvalue weighted by Gasteiger charge is 2.34. The molecule has 4 rings (SSSR count).